The van der Waals surface area contributed by atoms with E-state index in [-0.39, 0.29) is 6.54 Å². The molecule has 1 fully saturated rings. The van der Waals surface area contributed by atoms with E-state index in [9.17, 15) is 14.7 Å². The van der Waals surface area contributed by atoms with Gasteiger partial charge in [0.2, 0.25) is 0 Å². The Bertz CT molecular complexity index is 682. The Morgan fingerprint density at radius 2 is 2.00 bits per heavy atom. The number of carbonyl (C=O) groups excluding carboxylic acids is 2. The van der Waals surface area contributed by atoms with Crippen LogP contribution in [0.1, 0.15) is 17.4 Å². The highest BCUT2D eigenvalue weighted by Crippen LogP contribution is 2.40. The van der Waals surface area contributed by atoms with Gasteiger partial charge in [-0.25, -0.2) is 0 Å². The number of hydrogen-bond donors (Lipinski definition) is 1. The van der Waals surface area contributed by atoms with E-state index >= 15 is 0 Å². The predicted molar refractivity (Wildman–Crippen MR) is 80.0 cm³/mol. The van der Waals surface area contributed by atoms with Gasteiger partial charge in [0.05, 0.1) is 13.4 Å². The van der Waals surface area contributed by atoms with Crippen molar-refractivity contribution >= 4 is 11.9 Å². The smallest absolute Gasteiger partial charge is 0.314 e. The van der Waals surface area contributed by atoms with Crippen molar-refractivity contribution in [3.05, 3.63) is 60.1 Å². The molecule has 3 rings (SSSR count). The summed E-state index contributed by atoms with van der Waals surface area (Å²) in [5.41, 5.74) is 0.898. The molecule has 120 valence electrons. The molecule has 0 aliphatic carbocycles. The van der Waals surface area contributed by atoms with Gasteiger partial charge in [-0.3, -0.25) is 9.59 Å². The molecule has 2 aromatic rings. The van der Waals surface area contributed by atoms with Crippen LogP contribution in [0.3, 0.4) is 0 Å². The Hall–Kier alpha value is -2.60. The molecular formula is C17H17NO5. The van der Waals surface area contributed by atoms with Crippen LogP contribution in [0.5, 0.6) is 0 Å². The third-order valence-electron chi connectivity index (χ3n) is 4.06. The van der Waals surface area contributed by atoms with Gasteiger partial charge in [-0.05, 0) is 17.7 Å². The molecule has 6 heteroatoms. The summed E-state index contributed by atoms with van der Waals surface area (Å²) < 4.78 is 10.2. The van der Waals surface area contributed by atoms with Crippen LogP contribution >= 0.6 is 0 Å². The third kappa shape index (κ3) is 2.73. The molecule has 0 saturated carbocycles. The van der Waals surface area contributed by atoms with Crippen molar-refractivity contribution in [1.29, 1.82) is 0 Å². The summed E-state index contributed by atoms with van der Waals surface area (Å²) in [6, 6.07) is 12.0. The molecule has 1 N–H and O–H groups in total. The van der Waals surface area contributed by atoms with E-state index in [4.69, 9.17) is 9.15 Å². The minimum Gasteiger partial charge on any atom is -0.469 e. The van der Waals surface area contributed by atoms with Gasteiger partial charge in [0.25, 0.3) is 5.91 Å². The van der Waals surface area contributed by atoms with Crippen molar-refractivity contribution in [2.45, 2.75) is 18.7 Å². The first-order valence-electron chi connectivity index (χ1n) is 7.27. The van der Waals surface area contributed by atoms with Crippen LogP contribution in [0.15, 0.2) is 53.1 Å². The van der Waals surface area contributed by atoms with E-state index in [1.807, 2.05) is 30.3 Å². The molecular weight excluding hydrogens is 298 g/mol. The number of nitrogens with zero attached hydrogens (tertiary/aromatic N) is 1. The van der Waals surface area contributed by atoms with Gasteiger partial charge in [0.15, 0.2) is 0 Å². The van der Waals surface area contributed by atoms with Crippen LogP contribution in [-0.4, -0.2) is 35.1 Å². The summed E-state index contributed by atoms with van der Waals surface area (Å²) in [6.45, 7) is 0.273. The fourth-order valence-electron chi connectivity index (χ4n) is 2.97. The molecule has 1 aromatic heterocycles. The molecule has 2 heterocycles. The SMILES string of the molecule is COC(=O)[C@@H]1[C@H](O)C(=O)N(Cc2ccccc2)[C@H]1c1ccco1. The summed E-state index contributed by atoms with van der Waals surface area (Å²) in [7, 11) is 1.23. The Morgan fingerprint density at radius 1 is 1.26 bits per heavy atom. The Kier molecular flexibility index (Phi) is 4.16. The zero-order valence-electron chi connectivity index (χ0n) is 12.6. The molecule has 0 spiro atoms. The number of furan rings is 1. The maximum Gasteiger partial charge on any atom is 0.314 e. The molecule has 1 amide bonds. The molecule has 3 atom stereocenters. The average Bonchev–Trinajstić information content (AvgIpc) is 3.18. The van der Waals surface area contributed by atoms with Gasteiger partial charge < -0.3 is 19.2 Å². The first-order chi connectivity index (χ1) is 11.1. The zero-order chi connectivity index (χ0) is 16.4. The number of esters is 1. The van der Waals surface area contributed by atoms with E-state index in [1.54, 1.807) is 12.1 Å². The number of hydrogen-bond acceptors (Lipinski definition) is 5. The molecule has 1 aromatic carbocycles. The van der Waals surface area contributed by atoms with Crippen LogP contribution in [0.4, 0.5) is 0 Å². The van der Waals surface area contributed by atoms with E-state index in [2.05, 4.69) is 0 Å². The summed E-state index contributed by atoms with van der Waals surface area (Å²) in [6.07, 6.45) is 0.0285. The number of aliphatic hydroxyl groups excluding tert-OH is 1. The number of aliphatic hydroxyl groups is 1. The molecule has 23 heavy (non-hydrogen) atoms. The van der Waals surface area contributed by atoms with Gasteiger partial charge in [0, 0.05) is 6.54 Å². The van der Waals surface area contributed by atoms with Crippen LogP contribution < -0.4 is 0 Å². The Balaban J connectivity index is 1.98. The molecule has 6 nitrogen and oxygen atoms in total. The standard InChI is InChI=1S/C17H17NO5/c1-22-17(21)13-14(12-8-5-9-23-12)18(16(20)15(13)19)10-11-6-3-2-4-7-11/h2-9,13-15,19H,10H2,1H3/t13-,14-,15-/m0/s1. The number of ether oxygens (including phenoxy) is 1. The number of methoxy groups -OCH3 is 1. The van der Waals surface area contributed by atoms with Crippen LogP contribution in [0, 0.1) is 5.92 Å². The lowest BCUT2D eigenvalue weighted by atomic mass is 9.96. The second kappa shape index (κ2) is 6.26. The van der Waals surface area contributed by atoms with Crippen molar-refractivity contribution in [2.75, 3.05) is 7.11 Å². The number of carbonyl (C=O) groups is 2. The monoisotopic (exact) mass is 315 g/mol. The van der Waals surface area contributed by atoms with Crippen LogP contribution in [-0.2, 0) is 20.9 Å². The molecule has 1 aliphatic rings. The van der Waals surface area contributed by atoms with Gasteiger partial charge in [-0.1, -0.05) is 30.3 Å². The summed E-state index contributed by atoms with van der Waals surface area (Å²) in [5, 5.41) is 10.2. The highest BCUT2D eigenvalue weighted by molar-refractivity contribution is 5.91. The second-order valence-electron chi connectivity index (χ2n) is 5.41. The minimum atomic E-state index is -1.44. The van der Waals surface area contributed by atoms with Crippen LogP contribution in [0.2, 0.25) is 0 Å². The summed E-state index contributed by atoms with van der Waals surface area (Å²) >= 11 is 0. The van der Waals surface area contributed by atoms with Crippen molar-refractivity contribution in [2.24, 2.45) is 5.92 Å². The number of likely N-dealkylation sites (tertiary alicyclic amines) is 1. The summed E-state index contributed by atoms with van der Waals surface area (Å²) in [5.74, 6) is -1.71. The normalized spacial score (nSPS) is 24.0. The predicted octanol–water partition coefficient (Wildman–Crippen LogP) is 1.51. The van der Waals surface area contributed by atoms with E-state index < -0.39 is 29.9 Å². The molecule has 0 radical (unpaired) electrons. The highest BCUT2D eigenvalue weighted by atomic mass is 16.5. The maximum absolute atomic E-state index is 12.5. The first-order valence-corrected chi connectivity index (χ1v) is 7.27. The fourth-order valence-corrected chi connectivity index (χ4v) is 2.97. The molecule has 0 unspecified atom stereocenters. The quantitative estimate of drug-likeness (QED) is 0.865. The fraction of sp³-hybridized carbons (Fsp3) is 0.294. The lowest BCUT2D eigenvalue weighted by Gasteiger charge is -2.25. The van der Waals surface area contributed by atoms with E-state index in [0.29, 0.717) is 5.76 Å². The Morgan fingerprint density at radius 3 is 2.61 bits per heavy atom. The van der Waals surface area contributed by atoms with E-state index in [0.717, 1.165) is 5.56 Å². The zero-order valence-corrected chi connectivity index (χ0v) is 12.6. The lowest BCUT2D eigenvalue weighted by molar-refractivity contribution is -0.150. The number of benzene rings is 1. The highest BCUT2D eigenvalue weighted by Gasteiger charge is 2.53. The molecule has 0 bridgehead atoms. The topological polar surface area (TPSA) is 80.0 Å². The van der Waals surface area contributed by atoms with Crippen molar-refractivity contribution in [3.63, 3.8) is 0 Å². The van der Waals surface area contributed by atoms with Crippen molar-refractivity contribution in [3.8, 4) is 0 Å². The van der Waals surface area contributed by atoms with Crippen molar-refractivity contribution in [1.82, 2.24) is 4.90 Å². The number of rotatable bonds is 4. The third-order valence-corrected chi connectivity index (χ3v) is 4.06. The lowest BCUT2D eigenvalue weighted by Crippen LogP contribution is -2.30. The molecule has 1 saturated heterocycles. The van der Waals surface area contributed by atoms with Gasteiger partial charge in [-0.2, -0.15) is 0 Å². The average molecular weight is 315 g/mol. The summed E-state index contributed by atoms with van der Waals surface area (Å²) in [4.78, 5) is 26.0. The maximum atomic E-state index is 12.5. The van der Waals surface area contributed by atoms with E-state index in [1.165, 1.54) is 18.3 Å². The largest absolute Gasteiger partial charge is 0.469 e. The molecule has 1 aliphatic heterocycles. The van der Waals surface area contributed by atoms with Gasteiger partial charge >= 0.3 is 5.97 Å². The van der Waals surface area contributed by atoms with Gasteiger partial charge in [-0.15, -0.1) is 0 Å². The van der Waals surface area contributed by atoms with Gasteiger partial charge in [0.1, 0.15) is 23.8 Å². The van der Waals surface area contributed by atoms with Crippen LogP contribution in [0.25, 0.3) is 0 Å². The second-order valence-corrected chi connectivity index (χ2v) is 5.41. The number of amides is 1. The minimum absolute atomic E-state index is 0.273. The van der Waals surface area contributed by atoms with Crippen molar-refractivity contribution < 1.29 is 23.8 Å². The Labute approximate surface area is 133 Å². The first kappa shape index (κ1) is 15.3.